The average molecular weight is 279 g/mol. The van der Waals surface area contributed by atoms with Gasteiger partial charge >= 0.3 is 0 Å². The first-order chi connectivity index (χ1) is 9.44. The van der Waals surface area contributed by atoms with Crippen LogP contribution in [0.2, 0.25) is 0 Å². The summed E-state index contributed by atoms with van der Waals surface area (Å²) in [7, 11) is 2.07. The second kappa shape index (κ2) is 4.88. The molecule has 0 spiro atoms. The third kappa shape index (κ3) is 2.59. The Labute approximate surface area is 118 Å². The fourth-order valence-corrected chi connectivity index (χ4v) is 3.09. The predicted octanol–water partition coefficient (Wildman–Crippen LogP) is 1.62. The highest BCUT2D eigenvalue weighted by Gasteiger charge is 2.32. The van der Waals surface area contributed by atoms with Crippen molar-refractivity contribution in [3.05, 3.63) is 23.0 Å². The number of hydrogen-bond acceptors (Lipinski definition) is 2. The predicted molar refractivity (Wildman–Crippen MR) is 75.7 cm³/mol. The molecule has 1 fully saturated rings. The van der Waals surface area contributed by atoms with Gasteiger partial charge in [-0.3, -0.25) is 4.79 Å². The number of amides is 1. The summed E-state index contributed by atoms with van der Waals surface area (Å²) in [6, 6.07) is 1.85. The minimum atomic E-state index is -1.14. The smallest absolute Gasteiger partial charge is 0.270 e. The normalized spacial score (nSPS) is 27.4. The summed E-state index contributed by atoms with van der Waals surface area (Å²) < 4.78 is 14.0. The summed E-state index contributed by atoms with van der Waals surface area (Å²) in [5.41, 5.74) is 1.50. The Morgan fingerprint density at radius 2 is 2.05 bits per heavy atom. The SMILES string of the molecule is CN1CCN(C(=O)c2cc3c([nH]2)CCC(C)(F)C3)CC1. The molecule has 1 aromatic heterocycles. The maximum atomic E-state index is 14.0. The van der Waals surface area contributed by atoms with Gasteiger partial charge in [0.1, 0.15) is 11.4 Å². The lowest BCUT2D eigenvalue weighted by Gasteiger charge is -2.32. The van der Waals surface area contributed by atoms with Crippen LogP contribution in [0.25, 0.3) is 0 Å². The van der Waals surface area contributed by atoms with Gasteiger partial charge in [-0.15, -0.1) is 0 Å². The number of aromatic nitrogens is 1. The van der Waals surface area contributed by atoms with E-state index >= 15 is 0 Å². The number of piperazine rings is 1. The summed E-state index contributed by atoms with van der Waals surface area (Å²) in [5, 5.41) is 0. The molecule has 0 bridgehead atoms. The molecule has 4 nitrogen and oxygen atoms in total. The van der Waals surface area contributed by atoms with Crippen molar-refractivity contribution in [2.75, 3.05) is 33.2 Å². The Morgan fingerprint density at radius 1 is 1.35 bits per heavy atom. The van der Waals surface area contributed by atoms with Crippen LogP contribution < -0.4 is 0 Å². The maximum Gasteiger partial charge on any atom is 0.270 e. The van der Waals surface area contributed by atoms with Gasteiger partial charge in [-0.1, -0.05) is 0 Å². The van der Waals surface area contributed by atoms with E-state index in [9.17, 15) is 9.18 Å². The molecule has 1 aliphatic heterocycles. The molecule has 110 valence electrons. The Balaban J connectivity index is 1.75. The summed E-state index contributed by atoms with van der Waals surface area (Å²) in [6.07, 6.45) is 1.63. The number of halogens is 1. The number of nitrogens with zero attached hydrogens (tertiary/aromatic N) is 2. The van der Waals surface area contributed by atoms with Crippen molar-refractivity contribution in [1.82, 2.24) is 14.8 Å². The van der Waals surface area contributed by atoms with Gasteiger partial charge in [0.2, 0.25) is 0 Å². The minimum Gasteiger partial charge on any atom is -0.354 e. The summed E-state index contributed by atoms with van der Waals surface area (Å²) in [5.74, 6) is 0.0491. The third-order valence-electron chi connectivity index (χ3n) is 4.47. The molecule has 0 saturated carbocycles. The first-order valence-corrected chi connectivity index (χ1v) is 7.32. The molecule has 1 aromatic rings. The van der Waals surface area contributed by atoms with Gasteiger partial charge in [0.05, 0.1) is 0 Å². The highest BCUT2D eigenvalue weighted by Crippen LogP contribution is 2.31. The van der Waals surface area contributed by atoms with E-state index in [4.69, 9.17) is 0 Å². The Kier molecular flexibility index (Phi) is 3.32. The van der Waals surface area contributed by atoms with Crippen LogP contribution >= 0.6 is 0 Å². The molecular weight excluding hydrogens is 257 g/mol. The molecule has 1 unspecified atom stereocenters. The maximum absolute atomic E-state index is 14.0. The number of carbonyl (C=O) groups is 1. The molecule has 2 heterocycles. The monoisotopic (exact) mass is 279 g/mol. The largest absolute Gasteiger partial charge is 0.354 e. The van der Waals surface area contributed by atoms with Gasteiger partial charge in [-0.25, -0.2) is 4.39 Å². The second-order valence-electron chi connectivity index (χ2n) is 6.37. The quantitative estimate of drug-likeness (QED) is 0.848. The zero-order chi connectivity index (χ0) is 14.3. The van der Waals surface area contributed by atoms with E-state index in [1.54, 1.807) is 6.92 Å². The zero-order valence-electron chi connectivity index (χ0n) is 12.2. The Bertz CT molecular complexity index is 515. The van der Waals surface area contributed by atoms with Crippen LogP contribution in [0, 0.1) is 0 Å². The van der Waals surface area contributed by atoms with Gasteiger partial charge in [0.25, 0.3) is 5.91 Å². The molecule has 20 heavy (non-hydrogen) atoms. The molecule has 0 aromatic carbocycles. The van der Waals surface area contributed by atoms with Crippen LogP contribution in [0.5, 0.6) is 0 Å². The summed E-state index contributed by atoms with van der Waals surface area (Å²) >= 11 is 0. The van der Waals surface area contributed by atoms with Crippen LogP contribution in [0.15, 0.2) is 6.07 Å². The number of aryl methyl sites for hydroxylation is 1. The van der Waals surface area contributed by atoms with Gasteiger partial charge < -0.3 is 14.8 Å². The van der Waals surface area contributed by atoms with Crippen molar-refractivity contribution in [3.8, 4) is 0 Å². The molecule has 5 heteroatoms. The fourth-order valence-electron chi connectivity index (χ4n) is 3.09. The molecule has 0 radical (unpaired) electrons. The van der Waals surface area contributed by atoms with Crippen LogP contribution in [0.3, 0.4) is 0 Å². The minimum absolute atomic E-state index is 0.0491. The first kappa shape index (κ1) is 13.6. The Hall–Kier alpha value is -1.36. The van der Waals surface area contributed by atoms with Crippen molar-refractivity contribution in [2.45, 2.75) is 31.9 Å². The molecule has 1 aliphatic carbocycles. The third-order valence-corrected chi connectivity index (χ3v) is 4.47. The average Bonchev–Trinajstić information content (AvgIpc) is 2.80. The van der Waals surface area contributed by atoms with Crippen LogP contribution in [0.4, 0.5) is 4.39 Å². The standard InChI is InChI=1S/C15H22FN3O/c1-15(16)4-3-12-11(10-15)9-13(17-12)14(20)19-7-5-18(2)6-8-19/h9,17H,3-8,10H2,1-2H3. The molecule has 1 saturated heterocycles. The van der Waals surface area contributed by atoms with Crippen molar-refractivity contribution in [3.63, 3.8) is 0 Å². The van der Waals surface area contributed by atoms with Gasteiger partial charge in [-0.05, 0) is 38.4 Å². The second-order valence-corrected chi connectivity index (χ2v) is 6.37. The lowest BCUT2D eigenvalue weighted by Crippen LogP contribution is -2.47. The van der Waals surface area contributed by atoms with Crippen molar-refractivity contribution < 1.29 is 9.18 Å². The van der Waals surface area contributed by atoms with Crippen LogP contribution in [-0.4, -0.2) is 59.6 Å². The highest BCUT2D eigenvalue weighted by molar-refractivity contribution is 5.93. The van der Waals surface area contributed by atoms with E-state index in [1.165, 1.54) is 0 Å². The summed E-state index contributed by atoms with van der Waals surface area (Å²) in [6.45, 7) is 4.99. The molecule has 2 aliphatic rings. The molecular formula is C15H22FN3O. The van der Waals surface area contributed by atoms with E-state index in [-0.39, 0.29) is 5.91 Å². The van der Waals surface area contributed by atoms with E-state index in [0.29, 0.717) is 25.0 Å². The number of nitrogens with one attached hydrogen (secondary N) is 1. The molecule has 1 N–H and O–H groups in total. The molecule has 1 atom stereocenters. The Morgan fingerprint density at radius 3 is 2.75 bits per heavy atom. The number of rotatable bonds is 1. The van der Waals surface area contributed by atoms with Crippen LogP contribution in [0.1, 0.15) is 35.1 Å². The first-order valence-electron chi connectivity index (χ1n) is 7.32. The lowest BCUT2D eigenvalue weighted by atomic mass is 9.87. The number of likely N-dealkylation sites (N-methyl/N-ethyl adjacent to an activating group) is 1. The lowest BCUT2D eigenvalue weighted by molar-refractivity contribution is 0.0658. The van der Waals surface area contributed by atoms with Crippen LogP contribution in [-0.2, 0) is 12.8 Å². The van der Waals surface area contributed by atoms with Crippen molar-refractivity contribution in [2.24, 2.45) is 0 Å². The topological polar surface area (TPSA) is 39.3 Å². The number of H-pyrrole nitrogens is 1. The number of alkyl halides is 1. The van der Waals surface area contributed by atoms with Gasteiger partial charge in [0.15, 0.2) is 0 Å². The van der Waals surface area contributed by atoms with Gasteiger partial charge in [-0.2, -0.15) is 0 Å². The van der Waals surface area contributed by atoms with Crippen molar-refractivity contribution >= 4 is 5.91 Å². The van der Waals surface area contributed by atoms with E-state index in [1.807, 2.05) is 11.0 Å². The number of carbonyl (C=O) groups excluding carboxylic acids is 1. The summed E-state index contributed by atoms with van der Waals surface area (Å²) in [4.78, 5) is 19.8. The number of aromatic amines is 1. The molecule has 3 rings (SSSR count). The fraction of sp³-hybridized carbons (Fsp3) is 0.667. The molecule has 1 amide bonds. The van der Waals surface area contributed by atoms with E-state index < -0.39 is 5.67 Å². The van der Waals surface area contributed by atoms with Crippen molar-refractivity contribution in [1.29, 1.82) is 0 Å². The number of fused-ring (bicyclic) bond motifs is 1. The highest BCUT2D eigenvalue weighted by atomic mass is 19.1. The van der Waals surface area contributed by atoms with E-state index in [2.05, 4.69) is 16.9 Å². The van der Waals surface area contributed by atoms with Gasteiger partial charge in [0, 0.05) is 38.3 Å². The zero-order valence-corrected chi connectivity index (χ0v) is 12.2. The number of hydrogen-bond donors (Lipinski definition) is 1. The van der Waals surface area contributed by atoms with E-state index in [0.717, 1.165) is 37.4 Å².